The molecule has 0 bridgehead atoms. The van der Waals surface area contributed by atoms with E-state index in [0.717, 1.165) is 10.2 Å². The summed E-state index contributed by atoms with van der Waals surface area (Å²) in [6.45, 7) is 0. The van der Waals surface area contributed by atoms with Crippen LogP contribution in [0.1, 0.15) is 0 Å². The maximum atomic E-state index is 11.2. The Morgan fingerprint density at radius 3 is 2.48 bits per heavy atom. The monoisotopic (exact) mass is 319 g/mol. The molecule has 0 aliphatic carbocycles. The van der Waals surface area contributed by atoms with Gasteiger partial charge in [-0.25, -0.2) is 4.98 Å². The molecule has 1 aromatic heterocycles. The van der Waals surface area contributed by atoms with Crippen molar-refractivity contribution in [1.82, 2.24) is 4.98 Å². The molecule has 0 fully saturated rings. The Morgan fingerprint density at radius 1 is 1.00 bits per heavy atom. The van der Waals surface area contributed by atoms with Gasteiger partial charge in [0.25, 0.3) is 10.1 Å². The van der Waals surface area contributed by atoms with Gasteiger partial charge in [0, 0.05) is 0 Å². The van der Waals surface area contributed by atoms with Crippen molar-refractivity contribution in [1.29, 1.82) is 0 Å². The predicted molar refractivity (Wildman–Crippen MR) is 80.1 cm³/mol. The second kappa shape index (κ2) is 5.32. The van der Waals surface area contributed by atoms with Gasteiger partial charge in [0.15, 0.2) is 0 Å². The number of para-hydroxylation sites is 1. The summed E-state index contributed by atoms with van der Waals surface area (Å²) in [4.78, 5) is 3.98. The Hall–Kier alpha value is -2.16. The Labute approximate surface area is 124 Å². The Morgan fingerprint density at radius 2 is 1.71 bits per heavy atom. The Balaban J connectivity index is 2.00. The first kappa shape index (κ1) is 13.8. The van der Waals surface area contributed by atoms with Crippen molar-refractivity contribution < 1.29 is 13.0 Å². The molecule has 3 aromatic rings. The molecule has 8 heteroatoms. The molecule has 2 aromatic carbocycles. The molecule has 0 amide bonds. The van der Waals surface area contributed by atoms with Crippen LogP contribution >= 0.6 is 11.3 Å². The molecule has 0 saturated heterocycles. The number of azo groups is 1. The average molecular weight is 319 g/mol. The topological polar surface area (TPSA) is 92.0 Å². The fourth-order valence-corrected chi connectivity index (χ4v) is 3.17. The molecule has 0 saturated carbocycles. The van der Waals surface area contributed by atoms with Gasteiger partial charge in [-0.1, -0.05) is 35.6 Å². The summed E-state index contributed by atoms with van der Waals surface area (Å²) < 4.78 is 32.6. The molecule has 1 N–H and O–H groups in total. The highest BCUT2D eigenvalue weighted by Crippen LogP contribution is 2.30. The van der Waals surface area contributed by atoms with Crippen LogP contribution in [0.4, 0.5) is 10.8 Å². The zero-order valence-corrected chi connectivity index (χ0v) is 12.2. The van der Waals surface area contributed by atoms with Gasteiger partial charge in [0.1, 0.15) is 10.6 Å². The molecule has 3 rings (SSSR count). The molecule has 0 spiro atoms. The van der Waals surface area contributed by atoms with Crippen molar-refractivity contribution in [3.8, 4) is 0 Å². The summed E-state index contributed by atoms with van der Waals surface area (Å²) in [5.74, 6) is 0. The number of hydrogen-bond donors (Lipinski definition) is 1. The van der Waals surface area contributed by atoms with E-state index in [1.54, 1.807) is 6.07 Å². The van der Waals surface area contributed by atoms with Crippen LogP contribution in [-0.4, -0.2) is 18.0 Å². The molecular formula is C13H9N3O3S2. The minimum atomic E-state index is -4.33. The summed E-state index contributed by atoms with van der Waals surface area (Å²) in [6, 6.07) is 13.4. The van der Waals surface area contributed by atoms with Crippen LogP contribution in [0.2, 0.25) is 0 Å². The van der Waals surface area contributed by atoms with Crippen LogP contribution in [0, 0.1) is 0 Å². The van der Waals surface area contributed by atoms with Gasteiger partial charge in [-0.15, -0.1) is 10.2 Å². The number of rotatable bonds is 3. The van der Waals surface area contributed by atoms with E-state index in [-0.39, 0.29) is 10.6 Å². The average Bonchev–Trinajstić information content (AvgIpc) is 2.87. The molecule has 106 valence electrons. The maximum Gasteiger partial charge on any atom is 0.296 e. The first-order chi connectivity index (χ1) is 10.0. The van der Waals surface area contributed by atoms with Crippen LogP contribution in [-0.2, 0) is 10.1 Å². The highest BCUT2D eigenvalue weighted by Gasteiger charge is 2.14. The third-order valence-electron chi connectivity index (χ3n) is 2.67. The normalized spacial score (nSPS) is 12.2. The van der Waals surface area contributed by atoms with E-state index in [4.69, 9.17) is 4.55 Å². The summed E-state index contributed by atoms with van der Waals surface area (Å²) in [7, 11) is -4.33. The molecule has 0 aliphatic heterocycles. The van der Waals surface area contributed by atoms with E-state index in [0.29, 0.717) is 5.13 Å². The number of benzene rings is 2. The van der Waals surface area contributed by atoms with Crippen LogP contribution in [0.25, 0.3) is 10.2 Å². The third kappa shape index (κ3) is 2.97. The van der Waals surface area contributed by atoms with Crippen molar-refractivity contribution >= 4 is 42.5 Å². The second-order valence-electron chi connectivity index (χ2n) is 4.11. The van der Waals surface area contributed by atoms with Gasteiger partial charge < -0.3 is 0 Å². The van der Waals surface area contributed by atoms with E-state index in [1.165, 1.54) is 29.5 Å². The number of fused-ring (bicyclic) bond motifs is 1. The van der Waals surface area contributed by atoms with Crippen LogP contribution in [0.5, 0.6) is 0 Å². The predicted octanol–water partition coefficient (Wildman–Crippen LogP) is 3.96. The zero-order valence-electron chi connectivity index (χ0n) is 10.5. The highest BCUT2D eigenvalue weighted by molar-refractivity contribution is 7.86. The first-order valence-corrected chi connectivity index (χ1v) is 8.13. The lowest BCUT2D eigenvalue weighted by Crippen LogP contribution is -1.97. The molecule has 0 radical (unpaired) electrons. The van der Waals surface area contributed by atoms with E-state index >= 15 is 0 Å². The molecule has 0 aliphatic rings. The van der Waals surface area contributed by atoms with Crippen LogP contribution < -0.4 is 0 Å². The number of aromatic nitrogens is 1. The Bertz CT molecular complexity index is 899. The van der Waals surface area contributed by atoms with Crippen LogP contribution in [0.3, 0.4) is 0 Å². The Kier molecular flexibility index (Phi) is 3.50. The molecule has 1 heterocycles. The SMILES string of the molecule is O=S(=O)(O)c1ccccc1N=Nc1nc2ccccc2s1. The fourth-order valence-electron chi connectivity index (χ4n) is 1.76. The van der Waals surface area contributed by atoms with Crippen LogP contribution in [0.15, 0.2) is 63.7 Å². The first-order valence-electron chi connectivity index (χ1n) is 5.88. The molecule has 21 heavy (non-hydrogen) atoms. The van der Waals surface area contributed by atoms with Crippen molar-refractivity contribution in [3.05, 3.63) is 48.5 Å². The van der Waals surface area contributed by atoms with E-state index < -0.39 is 10.1 Å². The largest absolute Gasteiger partial charge is 0.296 e. The smallest absolute Gasteiger partial charge is 0.282 e. The molecule has 6 nitrogen and oxygen atoms in total. The summed E-state index contributed by atoms with van der Waals surface area (Å²) in [5.41, 5.74) is 0.874. The number of thiazole rings is 1. The van der Waals surface area contributed by atoms with Gasteiger partial charge in [-0.05, 0) is 24.3 Å². The fraction of sp³-hybridized carbons (Fsp3) is 0. The minimum Gasteiger partial charge on any atom is -0.282 e. The van der Waals surface area contributed by atoms with Gasteiger partial charge in [0.05, 0.1) is 10.2 Å². The van der Waals surface area contributed by atoms with Crippen molar-refractivity contribution in [2.75, 3.05) is 0 Å². The lowest BCUT2D eigenvalue weighted by atomic mass is 10.3. The molecule has 0 atom stereocenters. The molecular weight excluding hydrogens is 310 g/mol. The van der Waals surface area contributed by atoms with E-state index in [2.05, 4.69) is 15.2 Å². The number of hydrogen-bond acceptors (Lipinski definition) is 6. The van der Waals surface area contributed by atoms with Gasteiger partial charge >= 0.3 is 0 Å². The summed E-state index contributed by atoms with van der Waals surface area (Å²) >= 11 is 1.35. The van der Waals surface area contributed by atoms with Crippen molar-refractivity contribution in [3.63, 3.8) is 0 Å². The van der Waals surface area contributed by atoms with Crippen molar-refractivity contribution in [2.45, 2.75) is 4.90 Å². The number of nitrogens with zero attached hydrogens (tertiary/aromatic N) is 3. The van der Waals surface area contributed by atoms with Gasteiger partial charge in [-0.3, -0.25) is 4.55 Å². The zero-order chi connectivity index (χ0) is 14.9. The van der Waals surface area contributed by atoms with E-state index in [9.17, 15) is 8.42 Å². The quantitative estimate of drug-likeness (QED) is 0.584. The van der Waals surface area contributed by atoms with Gasteiger partial charge in [0.2, 0.25) is 5.13 Å². The van der Waals surface area contributed by atoms with E-state index in [1.807, 2.05) is 24.3 Å². The maximum absolute atomic E-state index is 11.2. The van der Waals surface area contributed by atoms with Crippen molar-refractivity contribution in [2.24, 2.45) is 10.2 Å². The third-order valence-corrected chi connectivity index (χ3v) is 4.49. The van der Waals surface area contributed by atoms with Gasteiger partial charge in [-0.2, -0.15) is 8.42 Å². The molecule has 0 unspecified atom stereocenters. The highest BCUT2D eigenvalue weighted by atomic mass is 32.2. The standard InChI is InChI=1S/C13H9N3O3S2/c17-21(18,19)12-8-4-2-6-10(12)15-16-13-14-9-5-1-3-7-11(9)20-13/h1-8H,(H,17,18,19). The summed E-state index contributed by atoms with van der Waals surface area (Å²) in [5, 5.41) is 8.23. The second-order valence-corrected chi connectivity index (χ2v) is 6.51. The lowest BCUT2D eigenvalue weighted by Gasteiger charge is -1.99. The minimum absolute atomic E-state index is 0.0688. The summed E-state index contributed by atoms with van der Waals surface area (Å²) in [6.07, 6.45) is 0. The lowest BCUT2D eigenvalue weighted by molar-refractivity contribution is 0.483.